The maximum atomic E-state index is 11.9. The third kappa shape index (κ3) is 5.56. The maximum absolute atomic E-state index is 11.9. The highest BCUT2D eigenvalue weighted by molar-refractivity contribution is 7.81. The van der Waals surface area contributed by atoms with Crippen molar-refractivity contribution in [1.82, 2.24) is 0 Å². The average Bonchev–Trinajstić information content (AvgIpc) is 2.20. The molecule has 1 unspecified atom stereocenters. The molecule has 0 aliphatic heterocycles. The lowest BCUT2D eigenvalue weighted by Crippen LogP contribution is -2.12. The van der Waals surface area contributed by atoms with Crippen LogP contribution in [0.5, 0.6) is 5.75 Å². The summed E-state index contributed by atoms with van der Waals surface area (Å²) in [5, 5.41) is 0. The average molecular weight is 352 g/mol. The Morgan fingerprint density at radius 1 is 1.22 bits per heavy atom. The Labute approximate surface area is 126 Å². The summed E-state index contributed by atoms with van der Waals surface area (Å²) in [6.45, 7) is -0.674. The summed E-state index contributed by atoms with van der Waals surface area (Å²) in [5.74, 6) is 0.403. The van der Waals surface area contributed by atoms with Gasteiger partial charge in [0.25, 0.3) is 0 Å². The zero-order valence-corrected chi connectivity index (χ0v) is 13.5. The van der Waals surface area contributed by atoms with Crippen LogP contribution in [0.3, 0.4) is 0 Å². The molecule has 0 spiro atoms. The first-order chi connectivity index (χ1) is 8.11. The molecule has 3 nitrogen and oxygen atoms in total. The topological polar surface area (TPSA) is 35.5 Å². The van der Waals surface area contributed by atoms with Gasteiger partial charge in [0.05, 0.1) is 0 Å². The molecule has 1 aromatic carbocycles. The summed E-state index contributed by atoms with van der Waals surface area (Å²) in [4.78, 5) is 0. The van der Waals surface area contributed by atoms with E-state index in [9.17, 15) is 4.57 Å². The minimum atomic E-state index is -3.85. The first-order valence-electron chi connectivity index (χ1n) is 4.87. The number of alkyl halides is 3. The summed E-state index contributed by atoms with van der Waals surface area (Å²) in [5.41, 5.74) is 1.57. The van der Waals surface area contributed by atoms with Crippen molar-refractivity contribution in [2.75, 3.05) is 6.61 Å². The normalized spacial score (nSPS) is 15.2. The first kappa shape index (κ1) is 16.4. The number of rotatable bonds is 4. The van der Waals surface area contributed by atoms with Gasteiger partial charge < -0.3 is 4.52 Å². The predicted octanol–water partition coefficient (Wildman–Crippen LogP) is 5.42. The lowest BCUT2D eigenvalue weighted by atomic mass is 10.1. The van der Waals surface area contributed by atoms with Crippen LogP contribution in [0.2, 0.25) is 0 Å². The summed E-state index contributed by atoms with van der Waals surface area (Å²) in [6, 6.07) is 5.45. The largest absolute Gasteiger partial charge is 0.476 e. The number of benzene rings is 1. The Balaban J connectivity index is 2.80. The van der Waals surface area contributed by atoms with Crippen LogP contribution in [0.1, 0.15) is 11.1 Å². The van der Waals surface area contributed by atoms with Crippen LogP contribution >= 0.6 is 53.0 Å². The number of para-hydroxylation sites is 1. The van der Waals surface area contributed by atoms with Crippen molar-refractivity contribution in [3.63, 3.8) is 0 Å². The number of hydrogen-bond acceptors (Lipinski definition) is 3. The molecule has 0 aliphatic rings. The number of hydrogen-bond donors (Lipinski definition) is 0. The highest BCUT2D eigenvalue weighted by Crippen LogP contribution is 2.55. The molecule has 1 aromatic rings. The van der Waals surface area contributed by atoms with Crippen LogP contribution in [0.4, 0.5) is 0 Å². The van der Waals surface area contributed by atoms with Gasteiger partial charge in [-0.15, -0.1) is 0 Å². The molecule has 102 valence electrons. The van der Waals surface area contributed by atoms with Crippen molar-refractivity contribution >= 4 is 53.0 Å². The molecule has 0 saturated heterocycles. The van der Waals surface area contributed by atoms with E-state index in [4.69, 9.17) is 55.1 Å². The van der Waals surface area contributed by atoms with Crippen LogP contribution in [0.15, 0.2) is 18.2 Å². The van der Waals surface area contributed by atoms with Gasteiger partial charge in [-0.05, 0) is 25.0 Å². The Hall–Kier alpha value is 0.370. The van der Waals surface area contributed by atoms with Gasteiger partial charge in [-0.25, -0.2) is 4.57 Å². The Kier molecular flexibility index (Phi) is 5.67. The van der Waals surface area contributed by atoms with Crippen molar-refractivity contribution in [2.45, 2.75) is 17.6 Å². The fourth-order valence-corrected chi connectivity index (χ4v) is 2.88. The third-order valence-electron chi connectivity index (χ3n) is 1.99. The molecule has 0 N–H and O–H groups in total. The van der Waals surface area contributed by atoms with Gasteiger partial charge in [0.1, 0.15) is 12.4 Å². The van der Waals surface area contributed by atoms with Crippen LogP contribution in [0, 0.1) is 13.8 Å². The van der Waals surface area contributed by atoms with Gasteiger partial charge in [0, 0.05) is 11.2 Å². The zero-order chi connectivity index (χ0) is 14.0. The molecule has 18 heavy (non-hydrogen) atoms. The van der Waals surface area contributed by atoms with E-state index in [1.165, 1.54) is 0 Å². The van der Waals surface area contributed by atoms with Gasteiger partial charge in [-0.1, -0.05) is 53.0 Å². The van der Waals surface area contributed by atoms with Gasteiger partial charge in [-0.3, -0.25) is 4.52 Å². The first-order valence-corrected chi connectivity index (χ1v) is 8.46. The van der Waals surface area contributed by atoms with E-state index in [2.05, 4.69) is 0 Å². The second kappa shape index (κ2) is 6.21. The Bertz CT molecular complexity index is 452. The molecular weight excluding hydrogens is 341 g/mol. The second-order valence-corrected chi connectivity index (χ2v) is 8.69. The molecule has 0 aliphatic carbocycles. The van der Waals surface area contributed by atoms with Crippen molar-refractivity contribution in [3.8, 4) is 5.75 Å². The molecule has 0 fully saturated rings. The predicted molar refractivity (Wildman–Crippen MR) is 76.2 cm³/mol. The van der Waals surface area contributed by atoms with Gasteiger partial charge in [0.15, 0.2) is 0 Å². The monoisotopic (exact) mass is 350 g/mol. The molecule has 0 amide bonds. The third-order valence-corrected chi connectivity index (χ3v) is 3.66. The number of aryl methyl sites for hydroxylation is 2. The fraction of sp³-hybridized carbons (Fsp3) is 0.400. The van der Waals surface area contributed by atoms with E-state index in [-0.39, 0.29) is 0 Å². The lowest BCUT2D eigenvalue weighted by molar-refractivity contribution is 0.284. The summed E-state index contributed by atoms with van der Waals surface area (Å²) < 4.78 is 20.2. The van der Waals surface area contributed by atoms with Crippen molar-refractivity contribution in [2.24, 2.45) is 0 Å². The van der Waals surface area contributed by atoms with Crippen molar-refractivity contribution in [3.05, 3.63) is 29.3 Å². The molecule has 0 aromatic heterocycles. The van der Waals surface area contributed by atoms with Crippen molar-refractivity contribution in [1.29, 1.82) is 0 Å². The van der Waals surface area contributed by atoms with Gasteiger partial charge in [-0.2, -0.15) is 0 Å². The second-order valence-electron chi connectivity index (χ2n) is 3.63. The zero-order valence-electron chi connectivity index (χ0n) is 9.62. The van der Waals surface area contributed by atoms with E-state index in [0.29, 0.717) is 5.75 Å². The molecule has 1 rings (SSSR count). The minimum Gasteiger partial charge on any atom is -0.413 e. The van der Waals surface area contributed by atoms with Crippen LogP contribution in [-0.2, 0) is 9.09 Å². The summed E-state index contributed by atoms with van der Waals surface area (Å²) in [7, 11) is 0. The quantitative estimate of drug-likeness (QED) is 0.537. The van der Waals surface area contributed by atoms with E-state index in [0.717, 1.165) is 11.1 Å². The fourth-order valence-electron chi connectivity index (χ4n) is 1.23. The van der Waals surface area contributed by atoms with Crippen molar-refractivity contribution < 1.29 is 13.6 Å². The Morgan fingerprint density at radius 3 is 2.17 bits per heavy atom. The van der Waals surface area contributed by atoms with Crippen LogP contribution in [0.25, 0.3) is 0 Å². The molecular formula is C10H11Cl4O3P. The van der Waals surface area contributed by atoms with E-state index in [1.54, 1.807) is 26.0 Å². The van der Waals surface area contributed by atoms with E-state index < -0.39 is 17.3 Å². The highest BCUT2D eigenvalue weighted by Gasteiger charge is 2.30. The van der Waals surface area contributed by atoms with Crippen LogP contribution < -0.4 is 4.52 Å². The molecule has 0 heterocycles. The van der Waals surface area contributed by atoms with Gasteiger partial charge >= 0.3 is 6.95 Å². The lowest BCUT2D eigenvalue weighted by Gasteiger charge is -2.18. The SMILES string of the molecule is Cc1cccc(C)c1OP(=O)(Cl)OCC(Cl)(Cl)Cl. The molecule has 0 radical (unpaired) electrons. The molecule has 1 atom stereocenters. The van der Waals surface area contributed by atoms with E-state index >= 15 is 0 Å². The minimum absolute atomic E-state index is 0.403. The summed E-state index contributed by atoms with van der Waals surface area (Å²) >= 11 is 22.1. The highest BCUT2D eigenvalue weighted by atomic mass is 35.7. The molecule has 8 heteroatoms. The molecule has 0 saturated carbocycles. The Morgan fingerprint density at radius 2 is 1.72 bits per heavy atom. The van der Waals surface area contributed by atoms with Gasteiger partial charge in [0.2, 0.25) is 3.79 Å². The standard InChI is InChI=1S/C10H11Cl4O3P/c1-7-4-3-5-8(2)9(7)17-18(14,15)16-6-10(11,12)13/h3-5H,6H2,1-2H3. The van der Waals surface area contributed by atoms with E-state index in [1.807, 2.05) is 6.07 Å². The van der Waals surface area contributed by atoms with Crippen LogP contribution in [-0.4, -0.2) is 10.4 Å². The molecule has 0 bridgehead atoms. The summed E-state index contributed by atoms with van der Waals surface area (Å²) in [6.07, 6.45) is 0. The smallest absolute Gasteiger partial charge is 0.413 e. The maximum Gasteiger partial charge on any atom is 0.476 e. The number of halogens is 4.